The van der Waals surface area contributed by atoms with E-state index < -0.39 is 17.1 Å². The Morgan fingerprint density at radius 2 is 1.88 bits per heavy atom. The summed E-state index contributed by atoms with van der Waals surface area (Å²) in [5.74, 6) is -0.308. The third-order valence-electron chi connectivity index (χ3n) is 5.36. The smallest absolute Gasteiger partial charge is 0.410 e. The van der Waals surface area contributed by atoms with E-state index in [4.69, 9.17) is 32.7 Å². The van der Waals surface area contributed by atoms with Gasteiger partial charge in [-0.3, -0.25) is 4.79 Å². The normalized spacial score (nSPS) is 27.5. The molecule has 0 aromatic heterocycles. The van der Waals surface area contributed by atoms with Gasteiger partial charge in [0.15, 0.2) is 0 Å². The Bertz CT molecular complexity index is 760. The number of benzene rings is 1. The van der Waals surface area contributed by atoms with Gasteiger partial charge < -0.3 is 14.4 Å². The van der Waals surface area contributed by atoms with E-state index in [9.17, 15) is 9.59 Å². The first-order valence-electron chi connectivity index (χ1n) is 8.57. The molecule has 0 spiro atoms. The first-order chi connectivity index (χ1) is 12.0. The molecule has 0 radical (unpaired) electrons. The van der Waals surface area contributed by atoms with Crippen molar-refractivity contribution in [3.63, 3.8) is 0 Å². The van der Waals surface area contributed by atoms with Gasteiger partial charge in [-0.05, 0) is 51.3 Å². The molecule has 2 atom stereocenters. The molecule has 2 unspecified atom stereocenters. The summed E-state index contributed by atoms with van der Waals surface area (Å²) in [5.41, 5.74) is -0.779. The van der Waals surface area contributed by atoms with Crippen LogP contribution in [0.2, 0.25) is 10.0 Å². The second kappa shape index (κ2) is 6.31. The molecule has 0 N–H and O–H groups in total. The number of hydrogen-bond acceptors (Lipinski definition) is 4. The summed E-state index contributed by atoms with van der Waals surface area (Å²) in [6.45, 7) is 6.24. The molecule has 2 aliphatic rings. The molecule has 7 heteroatoms. The predicted octanol–water partition coefficient (Wildman–Crippen LogP) is 4.44. The van der Waals surface area contributed by atoms with Crippen molar-refractivity contribution in [2.45, 2.75) is 44.6 Å². The highest BCUT2D eigenvalue weighted by Gasteiger charge is 2.75. The summed E-state index contributed by atoms with van der Waals surface area (Å²) in [7, 11) is 1.38. The van der Waals surface area contributed by atoms with Crippen LogP contribution in [-0.4, -0.2) is 42.8 Å². The van der Waals surface area contributed by atoms with Gasteiger partial charge in [-0.15, -0.1) is 0 Å². The minimum atomic E-state index is -0.770. The lowest BCUT2D eigenvalue weighted by Crippen LogP contribution is -2.49. The third kappa shape index (κ3) is 3.05. The lowest BCUT2D eigenvalue weighted by molar-refractivity contribution is -0.149. The van der Waals surface area contributed by atoms with Crippen molar-refractivity contribution in [3.05, 3.63) is 33.8 Å². The number of amides is 1. The highest BCUT2D eigenvalue weighted by atomic mass is 35.5. The van der Waals surface area contributed by atoms with Gasteiger partial charge in [-0.25, -0.2) is 4.79 Å². The van der Waals surface area contributed by atoms with E-state index in [1.165, 1.54) is 7.11 Å². The number of esters is 1. The van der Waals surface area contributed by atoms with Crippen LogP contribution >= 0.6 is 23.2 Å². The van der Waals surface area contributed by atoms with E-state index in [-0.39, 0.29) is 17.9 Å². The summed E-state index contributed by atoms with van der Waals surface area (Å²) in [4.78, 5) is 26.7. The zero-order chi connectivity index (χ0) is 19.3. The Morgan fingerprint density at radius 1 is 1.19 bits per heavy atom. The first-order valence-corrected chi connectivity index (χ1v) is 9.32. The average molecular weight is 400 g/mol. The molecule has 1 aliphatic heterocycles. The van der Waals surface area contributed by atoms with Crippen LogP contribution in [0.25, 0.3) is 0 Å². The number of hydrogen-bond donors (Lipinski definition) is 0. The van der Waals surface area contributed by atoms with Crippen molar-refractivity contribution >= 4 is 35.3 Å². The van der Waals surface area contributed by atoms with Crippen molar-refractivity contribution in [1.82, 2.24) is 4.90 Å². The average Bonchev–Trinajstić information content (AvgIpc) is 3.26. The van der Waals surface area contributed by atoms with Crippen molar-refractivity contribution in [2.24, 2.45) is 5.41 Å². The van der Waals surface area contributed by atoms with Crippen LogP contribution in [0.15, 0.2) is 18.2 Å². The van der Waals surface area contributed by atoms with Crippen molar-refractivity contribution in [2.75, 3.05) is 20.2 Å². The first kappa shape index (κ1) is 19.3. The van der Waals surface area contributed by atoms with Gasteiger partial charge in [0.25, 0.3) is 0 Å². The van der Waals surface area contributed by atoms with Crippen LogP contribution in [0.4, 0.5) is 4.79 Å². The fourth-order valence-corrected chi connectivity index (χ4v) is 4.36. The standard InChI is InChI=1S/C19H23Cl2NO4/c1-17(2,3)26-16(24)22-8-7-18(10-19(18,11-22)15(23)25-4)12-5-6-13(20)14(21)9-12/h5-6,9H,7-8,10-11H2,1-4H3. The number of likely N-dealkylation sites (tertiary alicyclic amines) is 1. The molecule has 1 aromatic rings. The van der Waals surface area contributed by atoms with E-state index in [0.29, 0.717) is 29.4 Å². The van der Waals surface area contributed by atoms with Crippen LogP contribution in [0.5, 0.6) is 0 Å². The number of carbonyl (C=O) groups excluding carboxylic acids is 2. The summed E-state index contributed by atoms with van der Waals surface area (Å²) in [6.07, 6.45) is 0.846. The molecule has 5 nitrogen and oxygen atoms in total. The van der Waals surface area contributed by atoms with E-state index in [0.717, 1.165) is 5.56 Å². The second-order valence-electron chi connectivity index (χ2n) is 8.11. The molecular formula is C19H23Cl2NO4. The number of nitrogens with zero attached hydrogens (tertiary/aromatic N) is 1. The minimum absolute atomic E-state index is 0.273. The Labute approximate surface area is 163 Å². The van der Waals surface area contributed by atoms with E-state index in [1.807, 2.05) is 32.9 Å². The Morgan fingerprint density at radius 3 is 2.46 bits per heavy atom. The van der Waals surface area contributed by atoms with Crippen LogP contribution < -0.4 is 0 Å². The number of rotatable bonds is 2. The lowest BCUT2D eigenvalue weighted by Gasteiger charge is -2.37. The predicted molar refractivity (Wildman–Crippen MR) is 99.6 cm³/mol. The van der Waals surface area contributed by atoms with Gasteiger partial charge >= 0.3 is 12.1 Å². The largest absolute Gasteiger partial charge is 0.469 e. The summed E-state index contributed by atoms with van der Waals surface area (Å²) in [5, 5.41) is 0.932. The maximum absolute atomic E-state index is 12.7. The molecule has 3 rings (SSSR count). The zero-order valence-corrected chi connectivity index (χ0v) is 16.9. The number of halogens is 2. The van der Waals surface area contributed by atoms with Crippen molar-refractivity contribution in [3.8, 4) is 0 Å². The SMILES string of the molecule is COC(=O)C12CN(C(=O)OC(C)(C)C)CCC1(c1ccc(Cl)c(Cl)c1)C2. The molecule has 1 aromatic carbocycles. The quantitative estimate of drug-likeness (QED) is 0.689. The highest BCUT2D eigenvalue weighted by molar-refractivity contribution is 6.42. The monoisotopic (exact) mass is 399 g/mol. The van der Waals surface area contributed by atoms with Crippen LogP contribution in [-0.2, 0) is 19.7 Å². The van der Waals surface area contributed by atoms with Crippen LogP contribution in [0.1, 0.15) is 39.2 Å². The fourth-order valence-electron chi connectivity index (χ4n) is 4.06. The maximum atomic E-state index is 12.7. The second-order valence-corrected chi connectivity index (χ2v) is 8.93. The summed E-state index contributed by atoms with van der Waals surface area (Å²) in [6, 6.07) is 5.47. The summed E-state index contributed by atoms with van der Waals surface area (Å²) >= 11 is 12.2. The number of fused-ring (bicyclic) bond motifs is 1. The minimum Gasteiger partial charge on any atom is -0.469 e. The Kier molecular flexibility index (Phi) is 4.68. The highest BCUT2D eigenvalue weighted by Crippen LogP contribution is 2.69. The number of piperidine rings is 1. The molecule has 1 amide bonds. The molecule has 2 fully saturated rings. The maximum Gasteiger partial charge on any atom is 0.410 e. The molecule has 1 aliphatic carbocycles. The van der Waals surface area contributed by atoms with Crippen LogP contribution in [0, 0.1) is 5.41 Å². The molecule has 1 saturated heterocycles. The number of methoxy groups -OCH3 is 1. The van der Waals surface area contributed by atoms with Gasteiger partial charge in [0.2, 0.25) is 0 Å². The third-order valence-corrected chi connectivity index (χ3v) is 6.10. The lowest BCUT2D eigenvalue weighted by atomic mass is 9.80. The van der Waals surface area contributed by atoms with Gasteiger partial charge in [-0.2, -0.15) is 0 Å². The molecule has 1 saturated carbocycles. The zero-order valence-electron chi connectivity index (χ0n) is 15.4. The topological polar surface area (TPSA) is 55.8 Å². The van der Waals surface area contributed by atoms with Crippen molar-refractivity contribution in [1.29, 1.82) is 0 Å². The van der Waals surface area contributed by atoms with Crippen molar-refractivity contribution < 1.29 is 19.1 Å². The number of carbonyl (C=O) groups is 2. The fraction of sp³-hybridized carbons (Fsp3) is 0.579. The number of ether oxygens (including phenoxy) is 2. The molecule has 0 bridgehead atoms. The van der Waals surface area contributed by atoms with Gasteiger partial charge in [-0.1, -0.05) is 29.3 Å². The Hall–Kier alpha value is -1.46. The molecule has 1 heterocycles. The van der Waals surface area contributed by atoms with Gasteiger partial charge in [0, 0.05) is 18.5 Å². The molecular weight excluding hydrogens is 377 g/mol. The van der Waals surface area contributed by atoms with E-state index in [1.54, 1.807) is 11.0 Å². The van der Waals surface area contributed by atoms with E-state index in [2.05, 4.69) is 0 Å². The summed E-state index contributed by atoms with van der Waals surface area (Å²) < 4.78 is 10.6. The molecule has 26 heavy (non-hydrogen) atoms. The molecule has 142 valence electrons. The Balaban J connectivity index is 1.90. The van der Waals surface area contributed by atoms with Gasteiger partial charge in [0.05, 0.1) is 22.6 Å². The van der Waals surface area contributed by atoms with Crippen LogP contribution in [0.3, 0.4) is 0 Å². The van der Waals surface area contributed by atoms with Gasteiger partial charge in [0.1, 0.15) is 5.60 Å². The van der Waals surface area contributed by atoms with E-state index >= 15 is 0 Å².